The van der Waals surface area contributed by atoms with Crippen molar-refractivity contribution in [3.8, 4) is 6.07 Å². The standard InChI is InChI=1S/C20H17N5O/c1-14(16-7-3-2-4-8-16)22-20(26)18-10-11-19(25-24-18)23-17-9-5-6-15(12-17)13-21/h2-12,14H,1H3,(H,22,26)(H,23,25). The van der Waals surface area contributed by atoms with Gasteiger partial charge in [0.25, 0.3) is 5.91 Å². The van der Waals surface area contributed by atoms with Gasteiger partial charge in [0.1, 0.15) is 0 Å². The lowest BCUT2D eigenvalue weighted by Crippen LogP contribution is -2.27. The molecule has 6 nitrogen and oxygen atoms in total. The van der Waals surface area contributed by atoms with Crippen LogP contribution >= 0.6 is 0 Å². The molecular formula is C20H17N5O. The molecule has 1 unspecified atom stereocenters. The number of rotatable bonds is 5. The Morgan fingerprint density at radius 1 is 1.04 bits per heavy atom. The van der Waals surface area contributed by atoms with Gasteiger partial charge in [-0.25, -0.2) is 0 Å². The predicted molar refractivity (Wildman–Crippen MR) is 98.8 cm³/mol. The van der Waals surface area contributed by atoms with E-state index in [2.05, 4.69) is 26.9 Å². The second-order valence-corrected chi connectivity index (χ2v) is 5.73. The van der Waals surface area contributed by atoms with Crippen LogP contribution in [0.3, 0.4) is 0 Å². The summed E-state index contributed by atoms with van der Waals surface area (Å²) in [4.78, 5) is 12.3. The van der Waals surface area contributed by atoms with Gasteiger partial charge in [-0.2, -0.15) is 5.26 Å². The summed E-state index contributed by atoms with van der Waals surface area (Å²) < 4.78 is 0. The Morgan fingerprint density at radius 3 is 2.54 bits per heavy atom. The van der Waals surface area contributed by atoms with Crippen LogP contribution in [-0.2, 0) is 0 Å². The first-order chi connectivity index (χ1) is 12.7. The topological polar surface area (TPSA) is 90.7 Å². The van der Waals surface area contributed by atoms with Gasteiger partial charge in [-0.1, -0.05) is 36.4 Å². The maximum absolute atomic E-state index is 12.3. The van der Waals surface area contributed by atoms with Gasteiger partial charge in [-0.15, -0.1) is 10.2 Å². The molecule has 1 heterocycles. The van der Waals surface area contributed by atoms with E-state index in [4.69, 9.17) is 5.26 Å². The molecule has 6 heteroatoms. The molecule has 0 saturated carbocycles. The number of carbonyl (C=O) groups excluding carboxylic acids is 1. The van der Waals surface area contributed by atoms with E-state index in [1.165, 1.54) is 0 Å². The molecule has 0 bridgehead atoms. The summed E-state index contributed by atoms with van der Waals surface area (Å²) in [6.45, 7) is 1.92. The molecule has 1 aromatic heterocycles. The molecule has 26 heavy (non-hydrogen) atoms. The Hall–Kier alpha value is -3.72. The molecule has 0 aliphatic rings. The van der Waals surface area contributed by atoms with Gasteiger partial charge in [-0.05, 0) is 42.8 Å². The molecule has 128 valence electrons. The maximum atomic E-state index is 12.3. The van der Waals surface area contributed by atoms with Gasteiger partial charge in [-0.3, -0.25) is 4.79 Å². The second-order valence-electron chi connectivity index (χ2n) is 5.73. The summed E-state index contributed by atoms with van der Waals surface area (Å²) >= 11 is 0. The molecule has 2 aromatic carbocycles. The molecule has 1 amide bonds. The lowest BCUT2D eigenvalue weighted by molar-refractivity contribution is 0.0934. The highest BCUT2D eigenvalue weighted by atomic mass is 16.2. The summed E-state index contributed by atoms with van der Waals surface area (Å²) in [7, 11) is 0. The molecule has 0 aliphatic heterocycles. The van der Waals surface area contributed by atoms with Gasteiger partial charge in [0.2, 0.25) is 0 Å². The molecule has 0 aliphatic carbocycles. The SMILES string of the molecule is CC(NC(=O)c1ccc(Nc2cccc(C#N)c2)nn1)c1ccccc1. The van der Waals surface area contributed by atoms with E-state index in [0.717, 1.165) is 11.3 Å². The van der Waals surface area contributed by atoms with E-state index in [0.29, 0.717) is 11.4 Å². The molecule has 0 spiro atoms. The first-order valence-corrected chi connectivity index (χ1v) is 8.12. The molecule has 0 fully saturated rings. The molecule has 1 atom stereocenters. The van der Waals surface area contributed by atoms with E-state index in [-0.39, 0.29) is 17.6 Å². The van der Waals surface area contributed by atoms with Crippen molar-refractivity contribution in [1.82, 2.24) is 15.5 Å². The van der Waals surface area contributed by atoms with Crippen LogP contribution < -0.4 is 10.6 Å². The van der Waals surface area contributed by atoms with Crippen LogP contribution in [0.15, 0.2) is 66.7 Å². The minimum atomic E-state index is -0.285. The molecule has 3 rings (SSSR count). The molecule has 0 saturated heterocycles. The number of amides is 1. The van der Waals surface area contributed by atoms with Crippen molar-refractivity contribution in [2.24, 2.45) is 0 Å². The van der Waals surface area contributed by atoms with E-state index < -0.39 is 0 Å². The van der Waals surface area contributed by atoms with Crippen LogP contribution in [0.1, 0.15) is 34.6 Å². The van der Waals surface area contributed by atoms with Crippen molar-refractivity contribution in [2.75, 3.05) is 5.32 Å². The fraction of sp³-hybridized carbons (Fsp3) is 0.100. The predicted octanol–water partition coefficient (Wildman–Crippen LogP) is 3.58. The zero-order valence-corrected chi connectivity index (χ0v) is 14.2. The number of anilines is 2. The Bertz CT molecular complexity index is 932. The number of carbonyl (C=O) groups is 1. The zero-order valence-electron chi connectivity index (χ0n) is 14.2. The largest absolute Gasteiger partial charge is 0.344 e. The fourth-order valence-corrected chi connectivity index (χ4v) is 2.43. The Labute approximate surface area is 151 Å². The van der Waals surface area contributed by atoms with Crippen molar-refractivity contribution in [3.05, 3.63) is 83.6 Å². The summed E-state index contributed by atoms with van der Waals surface area (Å²) in [5.74, 6) is 0.208. The fourth-order valence-electron chi connectivity index (χ4n) is 2.43. The second kappa shape index (κ2) is 7.90. The van der Waals surface area contributed by atoms with Crippen molar-refractivity contribution < 1.29 is 4.79 Å². The van der Waals surface area contributed by atoms with Crippen LogP contribution in [0.2, 0.25) is 0 Å². The molecule has 0 radical (unpaired) electrons. The van der Waals surface area contributed by atoms with Gasteiger partial charge in [0.05, 0.1) is 17.7 Å². The third-order valence-electron chi connectivity index (χ3n) is 3.81. The average Bonchev–Trinajstić information content (AvgIpc) is 2.69. The third kappa shape index (κ3) is 4.22. The van der Waals surface area contributed by atoms with Crippen molar-refractivity contribution in [1.29, 1.82) is 5.26 Å². The van der Waals surface area contributed by atoms with Gasteiger partial charge < -0.3 is 10.6 Å². The van der Waals surface area contributed by atoms with Crippen LogP contribution in [0.25, 0.3) is 0 Å². The summed E-state index contributed by atoms with van der Waals surface area (Å²) in [6.07, 6.45) is 0. The van der Waals surface area contributed by atoms with Crippen LogP contribution in [-0.4, -0.2) is 16.1 Å². The monoisotopic (exact) mass is 343 g/mol. The number of benzene rings is 2. The highest BCUT2D eigenvalue weighted by Gasteiger charge is 2.13. The van der Waals surface area contributed by atoms with Crippen molar-refractivity contribution in [2.45, 2.75) is 13.0 Å². The minimum Gasteiger partial charge on any atom is -0.344 e. The van der Waals surface area contributed by atoms with E-state index in [1.807, 2.05) is 43.3 Å². The number of hydrogen-bond acceptors (Lipinski definition) is 5. The average molecular weight is 343 g/mol. The Kier molecular flexibility index (Phi) is 5.20. The number of nitriles is 1. The number of hydrogen-bond donors (Lipinski definition) is 2. The Balaban J connectivity index is 1.65. The lowest BCUT2D eigenvalue weighted by atomic mass is 10.1. The van der Waals surface area contributed by atoms with Gasteiger partial charge >= 0.3 is 0 Å². The smallest absolute Gasteiger partial charge is 0.272 e. The molecular weight excluding hydrogens is 326 g/mol. The van der Waals surface area contributed by atoms with E-state index >= 15 is 0 Å². The van der Waals surface area contributed by atoms with E-state index in [9.17, 15) is 4.79 Å². The number of nitrogens with one attached hydrogen (secondary N) is 2. The number of nitrogens with zero attached hydrogens (tertiary/aromatic N) is 3. The zero-order chi connectivity index (χ0) is 18.4. The van der Waals surface area contributed by atoms with Crippen LogP contribution in [0.4, 0.5) is 11.5 Å². The third-order valence-corrected chi connectivity index (χ3v) is 3.81. The summed E-state index contributed by atoms with van der Waals surface area (Å²) in [5.41, 5.74) is 2.54. The molecule has 3 aromatic rings. The quantitative estimate of drug-likeness (QED) is 0.739. The first-order valence-electron chi connectivity index (χ1n) is 8.12. The van der Waals surface area contributed by atoms with Crippen molar-refractivity contribution >= 4 is 17.4 Å². The molecule has 2 N–H and O–H groups in total. The van der Waals surface area contributed by atoms with Crippen molar-refractivity contribution in [3.63, 3.8) is 0 Å². The first kappa shape index (κ1) is 17.1. The Morgan fingerprint density at radius 2 is 1.85 bits per heavy atom. The summed E-state index contributed by atoms with van der Waals surface area (Å²) in [6, 6.07) is 22.0. The van der Waals surface area contributed by atoms with Crippen LogP contribution in [0.5, 0.6) is 0 Å². The normalized spacial score (nSPS) is 11.2. The van der Waals surface area contributed by atoms with Gasteiger partial charge in [0.15, 0.2) is 11.5 Å². The van der Waals surface area contributed by atoms with Crippen LogP contribution in [0, 0.1) is 11.3 Å². The minimum absolute atomic E-state index is 0.128. The maximum Gasteiger partial charge on any atom is 0.272 e. The highest BCUT2D eigenvalue weighted by molar-refractivity contribution is 5.92. The highest BCUT2D eigenvalue weighted by Crippen LogP contribution is 2.16. The lowest BCUT2D eigenvalue weighted by Gasteiger charge is -2.13. The van der Waals surface area contributed by atoms with Gasteiger partial charge in [0, 0.05) is 5.69 Å². The van der Waals surface area contributed by atoms with E-state index in [1.54, 1.807) is 30.3 Å². The summed E-state index contributed by atoms with van der Waals surface area (Å²) in [5, 5.41) is 22.9. The number of aromatic nitrogens is 2.